The molecule has 0 amide bonds. The van der Waals surface area contributed by atoms with Gasteiger partial charge in [-0.2, -0.15) is 0 Å². The van der Waals surface area contributed by atoms with E-state index in [9.17, 15) is 4.79 Å². The quantitative estimate of drug-likeness (QED) is 0.500. The van der Waals surface area contributed by atoms with Gasteiger partial charge in [-0.25, -0.2) is 18.9 Å². The molecule has 9 nitrogen and oxygen atoms in total. The fourth-order valence-corrected chi connectivity index (χ4v) is 4.77. The van der Waals surface area contributed by atoms with E-state index in [1.807, 2.05) is 56.3 Å². The predicted octanol–water partition coefficient (Wildman–Crippen LogP) is 2.06. The molecule has 1 aliphatic heterocycles. The first-order chi connectivity index (χ1) is 16.3. The van der Waals surface area contributed by atoms with E-state index < -0.39 is 0 Å². The Kier molecular flexibility index (Phi) is 5.66. The van der Waals surface area contributed by atoms with Crippen LogP contribution < -0.4 is 11.4 Å². The van der Waals surface area contributed by atoms with Crippen LogP contribution in [0.1, 0.15) is 11.4 Å². The normalized spacial score (nSPS) is 17.5. The first kappa shape index (κ1) is 22.2. The first-order valence-electron chi connectivity index (χ1n) is 11.5. The highest BCUT2D eigenvalue weighted by Crippen LogP contribution is 2.34. The van der Waals surface area contributed by atoms with Crippen molar-refractivity contribution in [3.63, 3.8) is 0 Å². The average Bonchev–Trinajstić information content (AvgIpc) is 3.12. The molecule has 3 aromatic heterocycles. The lowest BCUT2D eigenvalue weighted by Gasteiger charge is -2.37. The third-order valence-corrected chi connectivity index (χ3v) is 6.54. The number of nitrogen functional groups attached to an aromatic ring is 1. The molecule has 34 heavy (non-hydrogen) atoms. The number of nitrogens with two attached hydrogens (primary N) is 1. The van der Waals surface area contributed by atoms with Crippen LogP contribution in [0, 0.1) is 13.8 Å². The van der Waals surface area contributed by atoms with Crippen LogP contribution in [0.5, 0.6) is 0 Å². The molecule has 0 spiro atoms. The van der Waals surface area contributed by atoms with Gasteiger partial charge in [0.05, 0.1) is 17.8 Å². The van der Waals surface area contributed by atoms with Gasteiger partial charge in [-0.15, -0.1) is 5.10 Å². The number of nitrogens with zero attached hydrogens (tertiary/aromatic N) is 7. The third kappa shape index (κ3) is 3.97. The van der Waals surface area contributed by atoms with Gasteiger partial charge >= 0.3 is 5.69 Å². The summed E-state index contributed by atoms with van der Waals surface area (Å²) in [6.45, 7) is 7.23. The predicted molar refractivity (Wildman–Crippen MR) is 134 cm³/mol. The SMILES string of the molecule is Cc1cc(-c2c(-c3ccccc3)nc(N)n3c(=O)n(C[C@@H]4CN(C)CCN4C)nc23)cc(C)n1. The minimum absolute atomic E-state index is 0.130. The van der Waals surface area contributed by atoms with Crippen molar-refractivity contribution < 1.29 is 0 Å². The molecule has 0 radical (unpaired) electrons. The van der Waals surface area contributed by atoms with Crippen molar-refractivity contribution in [2.45, 2.75) is 26.4 Å². The molecule has 4 heterocycles. The summed E-state index contributed by atoms with van der Waals surface area (Å²) in [6, 6.07) is 14.0. The van der Waals surface area contributed by atoms with Crippen molar-refractivity contribution in [3.05, 3.63) is 64.3 Å². The van der Waals surface area contributed by atoms with Crippen LogP contribution in [-0.4, -0.2) is 73.7 Å². The lowest BCUT2D eigenvalue weighted by Crippen LogP contribution is -2.52. The van der Waals surface area contributed by atoms with E-state index in [-0.39, 0.29) is 17.7 Å². The van der Waals surface area contributed by atoms with Crippen LogP contribution in [0.25, 0.3) is 28.0 Å². The highest BCUT2D eigenvalue weighted by molar-refractivity contribution is 5.90. The number of hydrogen-bond donors (Lipinski definition) is 1. The summed E-state index contributed by atoms with van der Waals surface area (Å²) >= 11 is 0. The van der Waals surface area contributed by atoms with Crippen molar-refractivity contribution in [2.75, 3.05) is 39.5 Å². The van der Waals surface area contributed by atoms with Crippen molar-refractivity contribution in [1.29, 1.82) is 0 Å². The molecule has 1 aliphatic rings. The summed E-state index contributed by atoms with van der Waals surface area (Å²) < 4.78 is 2.96. The van der Waals surface area contributed by atoms with Crippen LogP contribution in [0.3, 0.4) is 0 Å². The largest absolute Gasteiger partial charge is 0.369 e. The Morgan fingerprint density at radius 1 is 1.00 bits per heavy atom. The van der Waals surface area contributed by atoms with Crippen molar-refractivity contribution >= 4 is 11.6 Å². The maximum atomic E-state index is 13.5. The number of aryl methyl sites for hydroxylation is 2. The van der Waals surface area contributed by atoms with Gasteiger partial charge in [0.25, 0.3) is 0 Å². The summed E-state index contributed by atoms with van der Waals surface area (Å²) in [4.78, 5) is 27.3. The Labute approximate surface area is 198 Å². The summed E-state index contributed by atoms with van der Waals surface area (Å²) in [5.41, 5.74) is 11.7. The maximum Gasteiger partial charge on any atom is 0.353 e. The number of fused-ring (bicyclic) bond motifs is 1. The van der Waals surface area contributed by atoms with Crippen LogP contribution in [0.2, 0.25) is 0 Å². The Morgan fingerprint density at radius 2 is 1.71 bits per heavy atom. The second kappa shape index (κ2) is 8.66. The molecular formula is C25H30N8O. The molecule has 1 atom stereocenters. The van der Waals surface area contributed by atoms with E-state index in [4.69, 9.17) is 15.8 Å². The molecule has 5 rings (SSSR count). The molecule has 0 bridgehead atoms. The van der Waals surface area contributed by atoms with Crippen LogP contribution in [-0.2, 0) is 6.54 Å². The summed E-state index contributed by atoms with van der Waals surface area (Å²) in [5.74, 6) is 0.130. The van der Waals surface area contributed by atoms with Crippen molar-refractivity contribution in [3.8, 4) is 22.4 Å². The summed E-state index contributed by atoms with van der Waals surface area (Å²) in [7, 11) is 4.20. The van der Waals surface area contributed by atoms with E-state index in [0.717, 1.165) is 47.7 Å². The number of benzene rings is 1. The van der Waals surface area contributed by atoms with Crippen LogP contribution in [0.4, 0.5) is 5.95 Å². The Balaban J connectivity index is 1.75. The second-order valence-electron chi connectivity index (χ2n) is 9.22. The van der Waals surface area contributed by atoms with E-state index >= 15 is 0 Å². The van der Waals surface area contributed by atoms with E-state index in [1.165, 1.54) is 9.08 Å². The van der Waals surface area contributed by atoms with Gasteiger partial charge in [0.15, 0.2) is 5.65 Å². The number of piperazine rings is 1. The number of rotatable bonds is 4. The first-order valence-corrected chi connectivity index (χ1v) is 11.5. The standard InChI is InChI=1S/C25H30N8O/c1-16-12-19(13-17(2)27-16)21-22(18-8-6-5-7-9-18)28-24(26)33-23(21)29-32(25(33)34)15-20-14-30(3)10-11-31(20)4/h5-9,12-13,20H,10-11,14-15H2,1-4H3,(H2,26,28)/t20-/m0/s1. The molecular weight excluding hydrogens is 428 g/mol. The van der Waals surface area contributed by atoms with Gasteiger partial charge in [-0.3, -0.25) is 9.88 Å². The Bertz CT molecular complexity index is 1390. The number of pyridine rings is 1. The van der Waals surface area contributed by atoms with Gasteiger partial charge in [-0.1, -0.05) is 30.3 Å². The molecule has 1 saturated heterocycles. The molecule has 1 fully saturated rings. The average molecular weight is 459 g/mol. The molecule has 0 unspecified atom stereocenters. The zero-order valence-electron chi connectivity index (χ0n) is 20.1. The van der Waals surface area contributed by atoms with Gasteiger partial charge in [0, 0.05) is 42.6 Å². The topological polar surface area (TPSA) is 97.6 Å². The number of likely N-dealkylation sites (N-methyl/N-ethyl adjacent to an activating group) is 2. The number of hydrogen-bond acceptors (Lipinski definition) is 7. The van der Waals surface area contributed by atoms with E-state index in [0.29, 0.717) is 17.9 Å². The third-order valence-electron chi connectivity index (χ3n) is 6.54. The zero-order valence-corrected chi connectivity index (χ0v) is 20.1. The van der Waals surface area contributed by atoms with Crippen LogP contribution >= 0.6 is 0 Å². The Hall–Kier alpha value is -3.56. The minimum atomic E-state index is -0.273. The van der Waals surface area contributed by atoms with Gasteiger partial charge < -0.3 is 10.6 Å². The van der Waals surface area contributed by atoms with Gasteiger partial charge in [0.2, 0.25) is 5.95 Å². The fourth-order valence-electron chi connectivity index (χ4n) is 4.77. The Morgan fingerprint density at radius 3 is 2.41 bits per heavy atom. The van der Waals surface area contributed by atoms with E-state index in [2.05, 4.69) is 28.9 Å². The second-order valence-corrected chi connectivity index (χ2v) is 9.22. The molecule has 4 aromatic rings. The zero-order chi connectivity index (χ0) is 24.0. The molecule has 0 aliphatic carbocycles. The molecule has 176 valence electrons. The molecule has 2 N–H and O–H groups in total. The highest BCUT2D eigenvalue weighted by Gasteiger charge is 2.26. The summed E-state index contributed by atoms with van der Waals surface area (Å²) in [6.07, 6.45) is 0. The summed E-state index contributed by atoms with van der Waals surface area (Å²) in [5, 5.41) is 4.83. The van der Waals surface area contributed by atoms with Crippen LogP contribution in [0.15, 0.2) is 47.3 Å². The van der Waals surface area contributed by atoms with Crippen molar-refractivity contribution in [1.82, 2.24) is 33.9 Å². The molecule has 1 aromatic carbocycles. The van der Waals surface area contributed by atoms with Gasteiger partial charge in [0.1, 0.15) is 0 Å². The molecule has 9 heteroatoms. The highest BCUT2D eigenvalue weighted by atomic mass is 16.2. The lowest BCUT2D eigenvalue weighted by molar-refractivity contribution is 0.0998. The fraction of sp³-hybridized carbons (Fsp3) is 0.360. The molecule has 0 saturated carbocycles. The smallest absolute Gasteiger partial charge is 0.353 e. The number of aromatic nitrogens is 5. The number of anilines is 1. The maximum absolute atomic E-state index is 13.5. The van der Waals surface area contributed by atoms with Crippen molar-refractivity contribution in [2.24, 2.45) is 0 Å². The van der Waals surface area contributed by atoms with Gasteiger partial charge in [-0.05, 0) is 45.6 Å². The minimum Gasteiger partial charge on any atom is -0.369 e. The van der Waals surface area contributed by atoms with E-state index in [1.54, 1.807) is 0 Å². The lowest BCUT2D eigenvalue weighted by atomic mass is 9.99. The monoisotopic (exact) mass is 458 g/mol.